The standard InChI is InChI=1S/C12H20N2O/c1-9-7-11(12(2,3)4)14(13-9)10-5-6-15-8-10/h7,10H,5-6,8H2,1-4H3. The minimum atomic E-state index is 0.157. The van der Waals surface area contributed by atoms with Gasteiger partial charge in [0.2, 0.25) is 0 Å². The molecule has 3 heteroatoms. The van der Waals surface area contributed by atoms with Crippen molar-refractivity contribution in [1.82, 2.24) is 9.78 Å². The van der Waals surface area contributed by atoms with E-state index in [9.17, 15) is 0 Å². The van der Waals surface area contributed by atoms with E-state index in [2.05, 4.69) is 43.5 Å². The van der Waals surface area contributed by atoms with Crippen molar-refractivity contribution in [3.8, 4) is 0 Å². The van der Waals surface area contributed by atoms with Crippen molar-refractivity contribution < 1.29 is 4.74 Å². The second-order valence-electron chi connectivity index (χ2n) is 5.38. The lowest BCUT2D eigenvalue weighted by Crippen LogP contribution is -2.22. The molecule has 1 aliphatic heterocycles. The Morgan fingerprint density at radius 3 is 2.73 bits per heavy atom. The van der Waals surface area contributed by atoms with E-state index >= 15 is 0 Å². The van der Waals surface area contributed by atoms with E-state index < -0.39 is 0 Å². The Bertz CT molecular complexity index is 343. The highest BCUT2D eigenvalue weighted by molar-refractivity contribution is 5.18. The number of aryl methyl sites for hydroxylation is 1. The molecular weight excluding hydrogens is 188 g/mol. The summed E-state index contributed by atoms with van der Waals surface area (Å²) in [6, 6.07) is 2.63. The Morgan fingerprint density at radius 1 is 1.47 bits per heavy atom. The van der Waals surface area contributed by atoms with Crippen molar-refractivity contribution >= 4 is 0 Å². The van der Waals surface area contributed by atoms with Gasteiger partial charge in [0, 0.05) is 17.7 Å². The van der Waals surface area contributed by atoms with Crippen molar-refractivity contribution in [2.24, 2.45) is 0 Å². The monoisotopic (exact) mass is 208 g/mol. The second kappa shape index (κ2) is 3.63. The van der Waals surface area contributed by atoms with Gasteiger partial charge in [0.15, 0.2) is 0 Å². The molecule has 1 aromatic rings. The predicted octanol–water partition coefficient (Wildman–Crippen LogP) is 2.45. The Balaban J connectivity index is 2.37. The summed E-state index contributed by atoms with van der Waals surface area (Å²) in [4.78, 5) is 0. The van der Waals surface area contributed by atoms with Crippen LogP contribution < -0.4 is 0 Å². The molecule has 2 rings (SSSR count). The Labute approximate surface area is 91.4 Å². The van der Waals surface area contributed by atoms with Crippen molar-refractivity contribution in [3.63, 3.8) is 0 Å². The van der Waals surface area contributed by atoms with Crippen molar-refractivity contribution in [2.45, 2.75) is 45.6 Å². The van der Waals surface area contributed by atoms with E-state index in [1.54, 1.807) is 0 Å². The summed E-state index contributed by atoms with van der Waals surface area (Å²) in [5, 5.41) is 4.60. The summed E-state index contributed by atoms with van der Waals surface area (Å²) in [6.45, 7) is 10.4. The first kappa shape index (κ1) is 10.7. The SMILES string of the molecule is Cc1cc(C(C)(C)C)n(C2CCOC2)n1. The molecule has 1 aromatic heterocycles. The van der Waals surface area contributed by atoms with Gasteiger partial charge in [0.1, 0.15) is 0 Å². The third-order valence-corrected chi connectivity index (χ3v) is 2.88. The molecule has 0 amide bonds. The van der Waals surface area contributed by atoms with E-state index in [1.807, 2.05) is 0 Å². The Kier molecular flexibility index (Phi) is 2.59. The lowest BCUT2D eigenvalue weighted by molar-refractivity contribution is 0.183. The normalized spacial score (nSPS) is 22.3. The molecular formula is C12H20N2O. The molecule has 0 N–H and O–H groups in total. The van der Waals surface area contributed by atoms with Gasteiger partial charge < -0.3 is 4.74 Å². The van der Waals surface area contributed by atoms with Crippen LogP contribution in [0.5, 0.6) is 0 Å². The van der Waals surface area contributed by atoms with Gasteiger partial charge >= 0.3 is 0 Å². The molecule has 1 saturated heterocycles. The van der Waals surface area contributed by atoms with Gasteiger partial charge in [0.05, 0.1) is 18.3 Å². The van der Waals surface area contributed by atoms with Crippen LogP contribution in [0, 0.1) is 6.92 Å². The number of aromatic nitrogens is 2. The van der Waals surface area contributed by atoms with Gasteiger partial charge in [-0.05, 0) is 19.4 Å². The molecule has 0 aliphatic carbocycles. The van der Waals surface area contributed by atoms with Crippen molar-refractivity contribution in [2.75, 3.05) is 13.2 Å². The van der Waals surface area contributed by atoms with E-state index in [-0.39, 0.29) is 5.41 Å². The topological polar surface area (TPSA) is 27.1 Å². The molecule has 84 valence electrons. The lowest BCUT2D eigenvalue weighted by Gasteiger charge is -2.22. The first-order valence-corrected chi connectivity index (χ1v) is 5.63. The van der Waals surface area contributed by atoms with Crippen molar-refractivity contribution in [3.05, 3.63) is 17.5 Å². The average Bonchev–Trinajstić information content (AvgIpc) is 2.68. The van der Waals surface area contributed by atoms with Gasteiger partial charge in [-0.25, -0.2) is 0 Å². The molecule has 0 aromatic carbocycles. The molecule has 0 bridgehead atoms. The van der Waals surface area contributed by atoms with Crippen LogP contribution >= 0.6 is 0 Å². The van der Waals surface area contributed by atoms with Crippen LogP contribution in [0.4, 0.5) is 0 Å². The maximum absolute atomic E-state index is 5.43. The van der Waals surface area contributed by atoms with Crippen LogP contribution in [-0.4, -0.2) is 23.0 Å². The highest BCUT2D eigenvalue weighted by atomic mass is 16.5. The van der Waals surface area contributed by atoms with E-state index in [0.29, 0.717) is 6.04 Å². The van der Waals surface area contributed by atoms with E-state index in [1.165, 1.54) is 5.69 Å². The van der Waals surface area contributed by atoms with Crippen molar-refractivity contribution in [1.29, 1.82) is 0 Å². The van der Waals surface area contributed by atoms with Gasteiger partial charge in [-0.3, -0.25) is 4.68 Å². The number of ether oxygens (including phenoxy) is 1. The smallest absolute Gasteiger partial charge is 0.0778 e. The summed E-state index contributed by atoms with van der Waals surface area (Å²) in [5.74, 6) is 0. The maximum Gasteiger partial charge on any atom is 0.0778 e. The third-order valence-electron chi connectivity index (χ3n) is 2.88. The van der Waals surface area contributed by atoms with E-state index in [0.717, 1.165) is 25.3 Å². The van der Waals surface area contributed by atoms with E-state index in [4.69, 9.17) is 4.74 Å². The van der Waals surface area contributed by atoms with Gasteiger partial charge in [-0.2, -0.15) is 5.10 Å². The number of rotatable bonds is 1. The fourth-order valence-electron chi connectivity index (χ4n) is 2.07. The van der Waals surface area contributed by atoms with Crippen LogP contribution in [0.2, 0.25) is 0 Å². The quantitative estimate of drug-likeness (QED) is 0.709. The summed E-state index contributed by atoms with van der Waals surface area (Å²) < 4.78 is 7.60. The molecule has 0 spiro atoms. The first-order chi connectivity index (χ1) is 6.98. The molecule has 1 aliphatic rings. The average molecular weight is 208 g/mol. The molecule has 1 unspecified atom stereocenters. The minimum Gasteiger partial charge on any atom is -0.379 e. The van der Waals surface area contributed by atoms with Crippen LogP contribution in [-0.2, 0) is 10.2 Å². The Hall–Kier alpha value is -0.830. The Morgan fingerprint density at radius 2 is 2.20 bits per heavy atom. The molecule has 15 heavy (non-hydrogen) atoms. The van der Waals surface area contributed by atoms with Crippen LogP contribution in [0.3, 0.4) is 0 Å². The molecule has 1 atom stereocenters. The number of hydrogen-bond acceptors (Lipinski definition) is 2. The zero-order valence-corrected chi connectivity index (χ0v) is 10.1. The van der Waals surface area contributed by atoms with Gasteiger partial charge in [0.25, 0.3) is 0 Å². The zero-order valence-electron chi connectivity index (χ0n) is 10.1. The number of hydrogen-bond donors (Lipinski definition) is 0. The predicted molar refractivity (Wildman–Crippen MR) is 60.1 cm³/mol. The van der Waals surface area contributed by atoms with Crippen LogP contribution in [0.15, 0.2) is 6.07 Å². The highest BCUT2D eigenvalue weighted by Crippen LogP contribution is 2.28. The van der Waals surface area contributed by atoms with Crippen LogP contribution in [0.25, 0.3) is 0 Å². The molecule has 1 fully saturated rings. The highest BCUT2D eigenvalue weighted by Gasteiger charge is 2.26. The minimum absolute atomic E-state index is 0.157. The van der Waals surface area contributed by atoms with Gasteiger partial charge in [-0.1, -0.05) is 20.8 Å². The zero-order chi connectivity index (χ0) is 11.1. The third kappa shape index (κ3) is 2.07. The molecule has 0 radical (unpaired) electrons. The fourth-order valence-corrected chi connectivity index (χ4v) is 2.07. The fraction of sp³-hybridized carbons (Fsp3) is 0.750. The molecule has 0 saturated carbocycles. The summed E-state index contributed by atoms with van der Waals surface area (Å²) in [6.07, 6.45) is 1.09. The summed E-state index contributed by atoms with van der Waals surface area (Å²) in [5.41, 5.74) is 2.58. The lowest BCUT2D eigenvalue weighted by atomic mass is 9.91. The van der Waals surface area contributed by atoms with Gasteiger partial charge in [-0.15, -0.1) is 0 Å². The second-order valence-corrected chi connectivity index (χ2v) is 5.38. The summed E-state index contributed by atoms with van der Waals surface area (Å²) >= 11 is 0. The van der Waals surface area contributed by atoms with Crippen LogP contribution in [0.1, 0.15) is 44.6 Å². The maximum atomic E-state index is 5.43. The largest absolute Gasteiger partial charge is 0.379 e. The summed E-state index contributed by atoms with van der Waals surface area (Å²) in [7, 11) is 0. The molecule has 2 heterocycles. The number of nitrogens with zero attached hydrogens (tertiary/aromatic N) is 2. The first-order valence-electron chi connectivity index (χ1n) is 5.63. The molecule has 3 nitrogen and oxygen atoms in total.